The lowest BCUT2D eigenvalue weighted by molar-refractivity contribution is -0.140. The molecule has 0 spiro atoms. The molecule has 0 unspecified atom stereocenters. The first kappa shape index (κ1) is 19.9. The van der Waals surface area contributed by atoms with Crippen molar-refractivity contribution >= 4 is 36.1 Å². The van der Waals surface area contributed by atoms with Crippen molar-refractivity contribution in [2.75, 3.05) is 4.90 Å². The van der Waals surface area contributed by atoms with E-state index in [2.05, 4.69) is 17.9 Å². The molecule has 0 aromatic heterocycles. The van der Waals surface area contributed by atoms with E-state index in [-0.39, 0.29) is 12.3 Å². The van der Waals surface area contributed by atoms with Gasteiger partial charge in [-0.2, -0.15) is 12.6 Å². The van der Waals surface area contributed by atoms with Crippen LogP contribution >= 0.6 is 12.6 Å². The van der Waals surface area contributed by atoms with Crippen molar-refractivity contribution in [3.8, 4) is 0 Å². The fraction of sp³-hybridized carbons (Fsp3) is 0.286. The summed E-state index contributed by atoms with van der Waals surface area (Å²) in [6, 6.07) is 14.7. The Labute approximate surface area is 169 Å². The molecule has 3 rings (SSSR count). The van der Waals surface area contributed by atoms with Gasteiger partial charge in [-0.05, 0) is 30.5 Å². The van der Waals surface area contributed by atoms with Gasteiger partial charge in [0.15, 0.2) is 0 Å². The smallest absolute Gasteiger partial charge is 0.327 e. The van der Waals surface area contributed by atoms with Crippen LogP contribution in [0.2, 0.25) is 0 Å². The number of carbonyl (C=O) groups is 3. The highest BCUT2D eigenvalue weighted by Gasteiger charge is 2.40. The zero-order valence-electron chi connectivity index (χ0n) is 15.4. The Bertz CT molecular complexity index is 887. The number of benzene rings is 2. The third kappa shape index (κ3) is 4.20. The van der Waals surface area contributed by atoms with Gasteiger partial charge in [0.05, 0.1) is 5.25 Å². The van der Waals surface area contributed by atoms with E-state index >= 15 is 0 Å². The zero-order chi connectivity index (χ0) is 20.3. The number of nitrogens with zero attached hydrogens (tertiary/aromatic N) is 1. The van der Waals surface area contributed by atoms with Gasteiger partial charge < -0.3 is 10.4 Å². The normalized spacial score (nSPS) is 17.5. The van der Waals surface area contributed by atoms with Gasteiger partial charge in [0, 0.05) is 12.1 Å². The van der Waals surface area contributed by atoms with Crippen molar-refractivity contribution in [1.82, 2.24) is 5.32 Å². The summed E-state index contributed by atoms with van der Waals surface area (Å²) >= 11 is 4.35. The molecule has 2 amide bonds. The summed E-state index contributed by atoms with van der Waals surface area (Å²) in [4.78, 5) is 38.3. The van der Waals surface area contributed by atoms with Crippen LogP contribution in [-0.4, -0.2) is 40.2 Å². The number of thiol groups is 1. The van der Waals surface area contributed by atoms with Crippen molar-refractivity contribution in [2.45, 2.75) is 37.1 Å². The molecular formula is C21H22N2O4S. The Hall–Kier alpha value is -2.80. The number of amides is 2. The molecule has 28 heavy (non-hydrogen) atoms. The van der Waals surface area contributed by atoms with Crippen molar-refractivity contribution in [2.24, 2.45) is 0 Å². The van der Waals surface area contributed by atoms with E-state index in [1.165, 1.54) is 4.90 Å². The highest BCUT2D eigenvalue weighted by molar-refractivity contribution is 7.81. The molecule has 7 heteroatoms. The van der Waals surface area contributed by atoms with Gasteiger partial charge in [-0.3, -0.25) is 14.5 Å². The largest absolute Gasteiger partial charge is 0.480 e. The number of nitrogens with one attached hydrogen (secondary N) is 1. The molecule has 3 atom stereocenters. The van der Waals surface area contributed by atoms with Crippen LogP contribution in [0.3, 0.4) is 0 Å². The number of carbonyl (C=O) groups excluding carboxylic acids is 2. The van der Waals surface area contributed by atoms with Crippen molar-refractivity contribution < 1.29 is 19.5 Å². The number of para-hydroxylation sites is 1. The van der Waals surface area contributed by atoms with E-state index < -0.39 is 29.2 Å². The van der Waals surface area contributed by atoms with Crippen LogP contribution in [-0.2, 0) is 27.2 Å². The Morgan fingerprint density at radius 1 is 1.14 bits per heavy atom. The van der Waals surface area contributed by atoms with Crippen molar-refractivity contribution in [1.29, 1.82) is 0 Å². The summed E-state index contributed by atoms with van der Waals surface area (Å²) in [6.07, 6.45) is 0.683. The molecule has 0 aliphatic carbocycles. The molecule has 0 bridgehead atoms. The van der Waals surface area contributed by atoms with Crippen LogP contribution in [0.15, 0.2) is 54.6 Å². The highest BCUT2D eigenvalue weighted by atomic mass is 32.1. The Morgan fingerprint density at radius 3 is 2.46 bits per heavy atom. The standard InChI is InChI=1S/C21H22N2O4S/c1-13(22-19(24)18(28)11-14-7-3-2-4-8-14)20(25)23-16-10-6-5-9-15(16)12-17(23)21(26)27/h2-10,13,17-18,28H,11-12H2,1H3,(H,22,24)(H,26,27)/t13-,17-,18-/m0/s1. The summed E-state index contributed by atoms with van der Waals surface area (Å²) in [5, 5.41) is 11.6. The minimum Gasteiger partial charge on any atom is -0.480 e. The van der Waals surface area contributed by atoms with Crippen molar-refractivity contribution in [3.63, 3.8) is 0 Å². The maximum atomic E-state index is 13.0. The van der Waals surface area contributed by atoms with Gasteiger partial charge >= 0.3 is 5.97 Å². The van der Waals surface area contributed by atoms with Gasteiger partial charge in [-0.15, -0.1) is 0 Å². The first-order valence-electron chi connectivity index (χ1n) is 9.04. The maximum absolute atomic E-state index is 13.0. The second kappa shape index (κ2) is 8.48. The molecule has 2 aromatic rings. The topological polar surface area (TPSA) is 86.7 Å². The van der Waals surface area contributed by atoms with Crippen LogP contribution in [0.25, 0.3) is 0 Å². The quantitative estimate of drug-likeness (QED) is 0.650. The SMILES string of the molecule is C[C@H](NC(=O)[C@@H](S)Cc1ccccc1)C(=O)N1c2ccccc2C[C@H]1C(=O)O. The number of carboxylic acid groups (broad SMARTS) is 1. The molecule has 146 valence electrons. The van der Waals surface area contributed by atoms with Gasteiger partial charge in [0.25, 0.3) is 0 Å². The van der Waals surface area contributed by atoms with Crippen LogP contribution in [0.5, 0.6) is 0 Å². The number of hydrogen-bond donors (Lipinski definition) is 3. The average Bonchev–Trinajstić information content (AvgIpc) is 3.08. The molecule has 1 heterocycles. The lowest BCUT2D eigenvalue weighted by atomic mass is 10.1. The summed E-state index contributed by atoms with van der Waals surface area (Å²) in [5.74, 6) is -1.89. The minimum absolute atomic E-state index is 0.251. The van der Waals surface area contributed by atoms with E-state index in [0.717, 1.165) is 11.1 Å². The Kier molecular flexibility index (Phi) is 6.04. The van der Waals surface area contributed by atoms with E-state index in [0.29, 0.717) is 12.1 Å². The van der Waals surface area contributed by atoms with Gasteiger partial charge in [0.1, 0.15) is 12.1 Å². The summed E-state index contributed by atoms with van der Waals surface area (Å²) < 4.78 is 0. The molecule has 0 radical (unpaired) electrons. The number of fused-ring (bicyclic) bond motifs is 1. The predicted octanol–water partition coefficient (Wildman–Crippen LogP) is 2.07. The van der Waals surface area contributed by atoms with E-state index in [4.69, 9.17) is 0 Å². The molecule has 1 aliphatic rings. The first-order valence-corrected chi connectivity index (χ1v) is 9.56. The predicted molar refractivity (Wildman–Crippen MR) is 110 cm³/mol. The summed E-state index contributed by atoms with van der Waals surface area (Å²) in [5.41, 5.74) is 2.35. The van der Waals surface area contributed by atoms with E-state index in [1.807, 2.05) is 42.5 Å². The average molecular weight is 398 g/mol. The second-order valence-electron chi connectivity index (χ2n) is 6.83. The van der Waals surface area contributed by atoms with Crippen LogP contribution in [0.1, 0.15) is 18.1 Å². The fourth-order valence-corrected chi connectivity index (χ4v) is 3.65. The van der Waals surface area contributed by atoms with Gasteiger partial charge in [0.2, 0.25) is 11.8 Å². The van der Waals surface area contributed by atoms with Crippen LogP contribution in [0, 0.1) is 0 Å². The van der Waals surface area contributed by atoms with Crippen LogP contribution in [0.4, 0.5) is 5.69 Å². The van der Waals surface area contributed by atoms with E-state index in [1.54, 1.807) is 19.1 Å². The number of anilines is 1. The third-order valence-corrected chi connectivity index (χ3v) is 5.22. The molecule has 0 saturated heterocycles. The maximum Gasteiger partial charge on any atom is 0.327 e. The first-order chi connectivity index (χ1) is 13.4. The number of rotatable bonds is 6. The number of aliphatic carboxylic acids is 1. The molecule has 0 fully saturated rings. The van der Waals surface area contributed by atoms with Crippen LogP contribution < -0.4 is 10.2 Å². The molecule has 0 saturated carbocycles. The van der Waals surface area contributed by atoms with Crippen molar-refractivity contribution in [3.05, 3.63) is 65.7 Å². The van der Waals surface area contributed by atoms with Gasteiger partial charge in [-0.25, -0.2) is 4.79 Å². The minimum atomic E-state index is -1.07. The second-order valence-corrected chi connectivity index (χ2v) is 7.45. The fourth-order valence-electron chi connectivity index (χ4n) is 3.37. The highest BCUT2D eigenvalue weighted by Crippen LogP contribution is 2.32. The lowest BCUT2D eigenvalue weighted by Gasteiger charge is -2.26. The third-order valence-electron chi connectivity index (χ3n) is 4.80. The monoisotopic (exact) mass is 398 g/mol. The molecule has 1 aliphatic heterocycles. The summed E-state index contributed by atoms with van der Waals surface area (Å²) in [7, 11) is 0. The molecule has 2 aromatic carbocycles. The molecular weight excluding hydrogens is 376 g/mol. The number of hydrogen-bond acceptors (Lipinski definition) is 4. The van der Waals surface area contributed by atoms with E-state index in [9.17, 15) is 19.5 Å². The molecule has 6 nitrogen and oxygen atoms in total. The van der Waals surface area contributed by atoms with Gasteiger partial charge in [-0.1, -0.05) is 48.5 Å². The zero-order valence-corrected chi connectivity index (χ0v) is 16.3. The molecule has 2 N–H and O–H groups in total. The summed E-state index contributed by atoms with van der Waals surface area (Å²) in [6.45, 7) is 1.56. The Morgan fingerprint density at radius 2 is 1.79 bits per heavy atom. The lowest BCUT2D eigenvalue weighted by Crippen LogP contribution is -2.53. The Balaban J connectivity index is 1.69. The number of carboxylic acids is 1.